The summed E-state index contributed by atoms with van der Waals surface area (Å²) in [6.45, 7) is 3.75. The standard InChI is InChI=1S/C17H15N3O/c1-17(2)15(19-20-16(17)21)9-11-5-3-8-14-12(10-18)6-4-7-13(11)14/h3-9,19H,1-2H3,(H,20,21)/b15-9-. The van der Waals surface area contributed by atoms with E-state index in [2.05, 4.69) is 16.9 Å². The zero-order valence-electron chi connectivity index (χ0n) is 11.9. The van der Waals surface area contributed by atoms with Gasteiger partial charge < -0.3 is 5.43 Å². The molecule has 2 aromatic rings. The SMILES string of the molecule is CC1(C)C(=O)NN/C1=C\c1cccc2c(C#N)cccc12. The predicted molar refractivity (Wildman–Crippen MR) is 81.7 cm³/mol. The third-order valence-corrected chi connectivity index (χ3v) is 3.93. The number of fused-ring (bicyclic) bond motifs is 1. The summed E-state index contributed by atoms with van der Waals surface area (Å²) in [5, 5.41) is 11.1. The van der Waals surface area contributed by atoms with E-state index in [1.165, 1.54) is 0 Å². The quantitative estimate of drug-likeness (QED) is 0.842. The molecule has 21 heavy (non-hydrogen) atoms. The first kappa shape index (κ1) is 13.2. The van der Waals surface area contributed by atoms with Crippen molar-refractivity contribution in [2.45, 2.75) is 13.8 Å². The van der Waals surface area contributed by atoms with Crippen LogP contribution in [0.1, 0.15) is 25.0 Å². The summed E-state index contributed by atoms with van der Waals surface area (Å²) in [4.78, 5) is 11.8. The van der Waals surface area contributed by atoms with Gasteiger partial charge in [-0.2, -0.15) is 5.26 Å². The zero-order valence-corrected chi connectivity index (χ0v) is 11.9. The highest BCUT2D eigenvalue weighted by molar-refractivity contribution is 5.96. The van der Waals surface area contributed by atoms with Crippen LogP contribution >= 0.6 is 0 Å². The molecule has 1 heterocycles. The van der Waals surface area contributed by atoms with Gasteiger partial charge in [0.1, 0.15) is 0 Å². The Hall–Kier alpha value is -2.80. The molecule has 1 amide bonds. The molecule has 0 atom stereocenters. The Morgan fingerprint density at radius 2 is 1.81 bits per heavy atom. The maximum Gasteiger partial charge on any atom is 0.249 e. The highest BCUT2D eigenvalue weighted by Gasteiger charge is 2.37. The molecule has 2 aromatic carbocycles. The lowest BCUT2D eigenvalue weighted by atomic mass is 9.88. The van der Waals surface area contributed by atoms with E-state index in [0.717, 1.165) is 22.0 Å². The molecule has 4 heteroatoms. The summed E-state index contributed by atoms with van der Waals surface area (Å²) in [5.41, 5.74) is 7.45. The van der Waals surface area contributed by atoms with Gasteiger partial charge in [0.25, 0.3) is 0 Å². The third-order valence-electron chi connectivity index (χ3n) is 3.93. The highest BCUT2D eigenvalue weighted by atomic mass is 16.2. The van der Waals surface area contributed by atoms with Gasteiger partial charge in [0.15, 0.2) is 0 Å². The number of hydrogen-bond acceptors (Lipinski definition) is 3. The van der Waals surface area contributed by atoms with Crippen LogP contribution in [0, 0.1) is 16.7 Å². The number of carbonyl (C=O) groups is 1. The molecule has 4 nitrogen and oxygen atoms in total. The van der Waals surface area contributed by atoms with Crippen LogP contribution in [0.5, 0.6) is 0 Å². The van der Waals surface area contributed by atoms with Gasteiger partial charge in [-0.05, 0) is 36.9 Å². The van der Waals surface area contributed by atoms with E-state index in [1.54, 1.807) is 0 Å². The predicted octanol–water partition coefficient (Wildman–Crippen LogP) is 2.71. The van der Waals surface area contributed by atoms with Crippen LogP contribution in [0.15, 0.2) is 42.1 Å². The molecule has 0 aliphatic carbocycles. The number of benzene rings is 2. The Morgan fingerprint density at radius 1 is 1.10 bits per heavy atom. The molecule has 1 aliphatic rings. The minimum atomic E-state index is -0.588. The molecule has 2 N–H and O–H groups in total. The Labute approximate surface area is 123 Å². The Balaban J connectivity index is 2.19. The van der Waals surface area contributed by atoms with Crippen molar-refractivity contribution in [1.29, 1.82) is 5.26 Å². The molecule has 0 saturated carbocycles. The van der Waals surface area contributed by atoms with E-state index in [-0.39, 0.29) is 5.91 Å². The molecular weight excluding hydrogens is 262 g/mol. The van der Waals surface area contributed by atoms with E-state index in [0.29, 0.717) is 5.56 Å². The molecular formula is C17H15N3O. The van der Waals surface area contributed by atoms with Gasteiger partial charge in [-0.25, -0.2) is 0 Å². The van der Waals surface area contributed by atoms with Crippen LogP contribution in [-0.2, 0) is 4.79 Å². The molecule has 1 aliphatic heterocycles. The van der Waals surface area contributed by atoms with Crippen molar-refractivity contribution in [2.75, 3.05) is 0 Å². The average molecular weight is 277 g/mol. The molecule has 3 rings (SSSR count). The fourth-order valence-electron chi connectivity index (χ4n) is 2.49. The van der Waals surface area contributed by atoms with Crippen molar-refractivity contribution in [3.8, 4) is 6.07 Å². The number of nitriles is 1. The lowest BCUT2D eigenvalue weighted by molar-refractivity contribution is -0.125. The molecule has 0 spiro atoms. The van der Waals surface area contributed by atoms with E-state index in [4.69, 9.17) is 0 Å². The lowest BCUT2D eigenvalue weighted by Gasteiger charge is -2.15. The minimum absolute atomic E-state index is 0.0494. The van der Waals surface area contributed by atoms with E-state index in [9.17, 15) is 10.1 Å². The number of amides is 1. The second-order valence-electron chi connectivity index (χ2n) is 5.62. The Morgan fingerprint density at radius 3 is 2.48 bits per heavy atom. The van der Waals surface area contributed by atoms with Crippen molar-refractivity contribution < 1.29 is 4.79 Å². The summed E-state index contributed by atoms with van der Waals surface area (Å²) >= 11 is 0. The Bertz CT molecular complexity index is 812. The zero-order chi connectivity index (χ0) is 15.0. The van der Waals surface area contributed by atoms with E-state index >= 15 is 0 Å². The first-order chi connectivity index (χ1) is 10.0. The highest BCUT2D eigenvalue weighted by Crippen LogP contribution is 2.31. The fraction of sp³-hybridized carbons (Fsp3) is 0.176. The van der Waals surface area contributed by atoms with Gasteiger partial charge in [-0.3, -0.25) is 10.2 Å². The molecule has 0 bridgehead atoms. The maximum absolute atomic E-state index is 11.8. The van der Waals surface area contributed by atoms with Crippen molar-refractivity contribution in [3.63, 3.8) is 0 Å². The van der Waals surface area contributed by atoms with Crippen molar-refractivity contribution in [2.24, 2.45) is 5.41 Å². The van der Waals surface area contributed by atoms with Crippen molar-refractivity contribution in [1.82, 2.24) is 10.9 Å². The monoisotopic (exact) mass is 277 g/mol. The normalized spacial score (nSPS) is 18.3. The van der Waals surface area contributed by atoms with Gasteiger partial charge in [0.05, 0.1) is 17.0 Å². The third kappa shape index (κ3) is 2.03. The first-order valence-electron chi connectivity index (χ1n) is 6.74. The topological polar surface area (TPSA) is 64.9 Å². The van der Waals surface area contributed by atoms with Crippen LogP contribution < -0.4 is 10.9 Å². The first-order valence-corrected chi connectivity index (χ1v) is 6.74. The summed E-state index contributed by atoms with van der Waals surface area (Å²) in [6.07, 6.45) is 1.96. The lowest BCUT2D eigenvalue weighted by Crippen LogP contribution is -2.28. The molecule has 0 radical (unpaired) electrons. The summed E-state index contributed by atoms with van der Waals surface area (Å²) in [7, 11) is 0. The van der Waals surface area contributed by atoms with Crippen LogP contribution in [0.25, 0.3) is 16.8 Å². The van der Waals surface area contributed by atoms with Crippen LogP contribution in [0.4, 0.5) is 0 Å². The van der Waals surface area contributed by atoms with Gasteiger partial charge >= 0.3 is 0 Å². The average Bonchev–Trinajstić information content (AvgIpc) is 2.73. The smallest absolute Gasteiger partial charge is 0.249 e. The maximum atomic E-state index is 11.8. The number of hydrogen-bond donors (Lipinski definition) is 2. The summed E-state index contributed by atoms with van der Waals surface area (Å²) in [6, 6.07) is 13.7. The molecule has 0 aromatic heterocycles. The number of nitrogens with zero attached hydrogens (tertiary/aromatic N) is 1. The van der Waals surface area contributed by atoms with Gasteiger partial charge in [-0.15, -0.1) is 0 Å². The van der Waals surface area contributed by atoms with Crippen LogP contribution in [-0.4, -0.2) is 5.91 Å². The molecule has 104 valence electrons. The number of rotatable bonds is 1. The van der Waals surface area contributed by atoms with Gasteiger partial charge in [0.2, 0.25) is 5.91 Å². The fourth-order valence-corrected chi connectivity index (χ4v) is 2.49. The van der Waals surface area contributed by atoms with Crippen molar-refractivity contribution in [3.05, 3.63) is 53.2 Å². The van der Waals surface area contributed by atoms with Gasteiger partial charge in [-0.1, -0.05) is 30.3 Å². The van der Waals surface area contributed by atoms with Crippen molar-refractivity contribution >= 4 is 22.8 Å². The summed E-state index contributed by atoms with van der Waals surface area (Å²) in [5.74, 6) is -0.0494. The van der Waals surface area contributed by atoms with Crippen LogP contribution in [0.3, 0.4) is 0 Å². The van der Waals surface area contributed by atoms with Gasteiger partial charge in [0, 0.05) is 11.1 Å². The second-order valence-corrected chi connectivity index (χ2v) is 5.62. The van der Waals surface area contributed by atoms with E-state index < -0.39 is 5.41 Å². The number of hydrazine groups is 1. The van der Waals surface area contributed by atoms with E-state index in [1.807, 2.05) is 56.3 Å². The number of carbonyl (C=O) groups excluding carboxylic acids is 1. The minimum Gasteiger partial charge on any atom is -0.302 e. The molecule has 0 unspecified atom stereocenters. The van der Waals surface area contributed by atoms with Crippen LogP contribution in [0.2, 0.25) is 0 Å². The number of nitrogens with one attached hydrogen (secondary N) is 2. The molecule has 1 saturated heterocycles. The second kappa shape index (κ2) is 4.64. The largest absolute Gasteiger partial charge is 0.302 e. The molecule has 1 fully saturated rings. The summed E-state index contributed by atoms with van der Waals surface area (Å²) < 4.78 is 0. The Kier molecular flexibility index (Phi) is 2.91.